The molecule has 0 aromatic rings. The van der Waals surface area contributed by atoms with Crippen molar-refractivity contribution in [2.24, 2.45) is 5.92 Å². The summed E-state index contributed by atoms with van der Waals surface area (Å²) in [5.74, 6) is 0.136. The molecule has 0 N–H and O–H groups in total. The Labute approximate surface area is 182 Å². The van der Waals surface area contributed by atoms with Crippen LogP contribution in [0.5, 0.6) is 0 Å². The molecule has 6 nitrogen and oxygen atoms in total. The van der Waals surface area contributed by atoms with E-state index in [0.29, 0.717) is 19.3 Å². The summed E-state index contributed by atoms with van der Waals surface area (Å²) in [4.78, 5) is 41.2. The van der Waals surface area contributed by atoms with Crippen molar-refractivity contribution in [3.8, 4) is 0 Å². The molecule has 0 radical (unpaired) electrons. The highest BCUT2D eigenvalue weighted by Crippen LogP contribution is 2.43. The highest BCUT2D eigenvalue weighted by Gasteiger charge is 2.49. The van der Waals surface area contributed by atoms with E-state index >= 15 is 0 Å². The highest BCUT2D eigenvalue weighted by molar-refractivity contribution is 5.76. The maximum atomic E-state index is 12.9. The fourth-order valence-electron chi connectivity index (χ4n) is 7.08. The molecule has 2 aliphatic rings. The molecular formula is C24H42N2O4. The Morgan fingerprint density at radius 1 is 0.700 bits per heavy atom. The number of piperidine rings is 2. The Hall–Kier alpha value is -1.59. The van der Waals surface area contributed by atoms with Gasteiger partial charge in [0.2, 0.25) is 11.8 Å². The van der Waals surface area contributed by atoms with Gasteiger partial charge in [0, 0.05) is 55.3 Å². The molecule has 2 aliphatic heterocycles. The van der Waals surface area contributed by atoms with Gasteiger partial charge in [-0.05, 0) is 74.1 Å². The van der Waals surface area contributed by atoms with Crippen LogP contribution >= 0.6 is 0 Å². The van der Waals surface area contributed by atoms with Crippen LogP contribution in [-0.4, -0.2) is 55.8 Å². The molecule has 2 fully saturated rings. The molecule has 0 atom stereocenters. The molecule has 0 spiro atoms. The summed E-state index contributed by atoms with van der Waals surface area (Å²) in [6.45, 7) is 19.7. The first-order valence-electron chi connectivity index (χ1n) is 11.2. The van der Waals surface area contributed by atoms with E-state index in [1.807, 2.05) is 37.5 Å². The molecule has 0 aromatic heterocycles. The number of ether oxygens (including phenoxy) is 1. The van der Waals surface area contributed by atoms with Crippen LogP contribution in [-0.2, 0) is 19.1 Å². The SMILES string of the molecule is CC(=O)N1C(C)(C)CC(CC(=O)OC2CC(C)(C)N(C(C)=O)C(C)(C)C2)CC1(C)C. The van der Waals surface area contributed by atoms with E-state index < -0.39 is 0 Å². The van der Waals surface area contributed by atoms with Crippen LogP contribution in [0, 0.1) is 5.92 Å². The van der Waals surface area contributed by atoms with Gasteiger partial charge < -0.3 is 14.5 Å². The van der Waals surface area contributed by atoms with Gasteiger partial charge in [-0.3, -0.25) is 14.4 Å². The molecule has 0 aliphatic carbocycles. The predicted molar refractivity (Wildman–Crippen MR) is 118 cm³/mol. The summed E-state index contributed by atoms with van der Waals surface area (Å²) in [5, 5.41) is 0. The Bertz CT molecular complexity index is 614. The zero-order chi connectivity index (χ0) is 23.3. The van der Waals surface area contributed by atoms with Gasteiger partial charge in [0.1, 0.15) is 6.10 Å². The van der Waals surface area contributed by atoms with E-state index in [1.54, 1.807) is 13.8 Å². The number of esters is 1. The number of hydrogen-bond donors (Lipinski definition) is 0. The largest absolute Gasteiger partial charge is 0.462 e. The topological polar surface area (TPSA) is 66.9 Å². The van der Waals surface area contributed by atoms with E-state index in [2.05, 4.69) is 27.7 Å². The summed E-state index contributed by atoms with van der Waals surface area (Å²) in [7, 11) is 0. The third-order valence-corrected chi connectivity index (χ3v) is 6.84. The second kappa shape index (κ2) is 7.83. The van der Waals surface area contributed by atoms with E-state index in [-0.39, 0.29) is 52.0 Å². The van der Waals surface area contributed by atoms with Crippen LogP contribution < -0.4 is 0 Å². The lowest BCUT2D eigenvalue weighted by Crippen LogP contribution is -2.64. The first-order valence-corrected chi connectivity index (χ1v) is 11.2. The normalized spacial score (nSPS) is 25.7. The number of likely N-dealkylation sites (tertiary alicyclic amines) is 2. The number of carbonyl (C=O) groups excluding carboxylic acids is 3. The zero-order valence-electron chi connectivity index (χ0n) is 20.7. The van der Waals surface area contributed by atoms with Crippen molar-refractivity contribution in [1.29, 1.82) is 0 Å². The second-order valence-electron chi connectivity index (χ2n) is 12.0. The molecule has 0 aromatic carbocycles. The summed E-state index contributed by atoms with van der Waals surface area (Å²) in [6.07, 6.45) is 3.02. The first kappa shape index (κ1) is 24.7. The Morgan fingerprint density at radius 2 is 1.03 bits per heavy atom. The van der Waals surface area contributed by atoms with Crippen LogP contribution in [0.4, 0.5) is 0 Å². The fraction of sp³-hybridized carbons (Fsp3) is 0.875. The van der Waals surface area contributed by atoms with E-state index in [0.717, 1.165) is 12.8 Å². The molecule has 172 valence electrons. The highest BCUT2D eigenvalue weighted by atomic mass is 16.5. The average molecular weight is 423 g/mol. The maximum absolute atomic E-state index is 12.9. The zero-order valence-corrected chi connectivity index (χ0v) is 20.7. The molecular weight excluding hydrogens is 380 g/mol. The maximum Gasteiger partial charge on any atom is 0.306 e. The van der Waals surface area contributed by atoms with Crippen molar-refractivity contribution < 1.29 is 19.1 Å². The smallest absolute Gasteiger partial charge is 0.306 e. The predicted octanol–water partition coefficient (Wildman–Crippen LogP) is 4.30. The molecule has 30 heavy (non-hydrogen) atoms. The molecule has 2 saturated heterocycles. The van der Waals surface area contributed by atoms with Gasteiger partial charge >= 0.3 is 5.97 Å². The third-order valence-electron chi connectivity index (χ3n) is 6.84. The minimum absolute atomic E-state index is 0.0523. The van der Waals surface area contributed by atoms with E-state index in [4.69, 9.17) is 4.74 Å². The standard InChI is InChI=1S/C24H42N2O4/c1-16(27)25-21(3,4)12-18(13-22(25,5)6)11-20(29)30-19-14-23(7,8)26(17(2)28)24(9,10)15-19/h18-19H,11-15H2,1-10H3. The van der Waals surface area contributed by atoms with Crippen molar-refractivity contribution in [3.63, 3.8) is 0 Å². The molecule has 0 saturated carbocycles. The quantitative estimate of drug-likeness (QED) is 0.636. The van der Waals surface area contributed by atoms with Crippen LogP contribution in [0.2, 0.25) is 0 Å². The van der Waals surface area contributed by atoms with E-state index in [9.17, 15) is 14.4 Å². The minimum Gasteiger partial charge on any atom is -0.462 e. The van der Waals surface area contributed by atoms with Gasteiger partial charge in [-0.25, -0.2) is 0 Å². The van der Waals surface area contributed by atoms with Crippen molar-refractivity contribution in [2.75, 3.05) is 0 Å². The van der Waals surface area contributed by atoms with Gasteiger partial charge in [-0.1, -0.05) is 0 Å². The first-order chi connectivity index (χ1) is 13.4. The number of rotatable bonds is 3. The monoisotopic (exact) mass is 422 g/mol. The summed E-state index contributed by atoms with van der Waals surface area (Å²) in [6, 6.07) is 0. The summed E-state index contributed by atoms with van der Waals surface area (Å²) in [5.41, 5.74) is -1.32. The molecule has 6 heteroatoms. The van der Waals surface area contributed by atoms with Gasteiger partial charge in [0.05, 0.1) is 0 Å². The fourth-order valence-corrected chi connectivity index (χ4v) is 7.08. The molecule has 0 bridgehead atoms. The Balaban J connectivity index is 2.06. The molecule has 2 rings (SSSR count). The van der Waals surface area contributed by atoms with Crippen molar-refractivity contribution in [3.05, 3.63) is 0 Å². The molecule has 2 heterocycles. The Morgan fingerprint density at radius 3 is 1.37 bits per heavy atom. The molecule has 2 amide bonds. The van der Waals surface area contributed by atoms with Crippen LogP contribution in [0.25, 0.3) is 0 Å². The lowest BCUT2D eigenvalue weighted by Gasteiger charge is -2.55. The second-order valence-corrected chi connectivity index (χ2v) is 12.0. The lowest BCUT2D eigenvalue weighted by atomic mass is 9.72. The number of carbonyl (C=O) groups is 3. The number of hydrogen-bond acceptors (Lipinski definition) is 4. The van der Waals surface area contributed by atoms with Gasteiger partial charge in [-0.2, -0.15) is 0 Å². The van der Waals surface area contributed by atoms with Gasteiger partial charge in [0.25, 0.3) is 0 Å². The Kier molecular flexibility index (Phi) is 6.44. The van der Waals surface area contributed by atoms with E-state index in [1.165, 1.54) is 0 Å². The number of nitrogens with zero attached hydrogens (tertiary/aromatic N) is 2. The van der Waals surface area contributed by atoms with Crippen LogP contribution in [0.15, 0.2) is 0 Å². The van der Waals surface area contributed by atoms with Crippen molar-refractivity contribution in [2.45, 2.75) is 130 Å². The van der Waals surface area contributed by atoms with Crippen molar-refractivity contribution >= 4 is 17.8 Å². The van der Waals surface area contributed by atoms with Crippen LogP contribution in [0.1, 0.15) is 101 Å². The average Bonchev–Trinajstić information content (AvgIpc) is 2.38. The van der Waals surface area contributed by atoms with Crippen molar-refractivity contribution in [1.82, 2.24) is 9.80 Å². The van der Waals surface area contributed by atoms with Gasteiger partial charge in [0.15, 0.2) is 0 Å². The summed E-state index contributed by atoms with van der Waals surface area (Å²) >= 11 is 0. The third kappa shape index (κ3) is 5.00. The minimum atomic E-state index is -0.366. The lowest BCUT2D eigenvalue weighted by molar-refractivity contribution is -0.168. The number of amides is 2. The van der Waals surface area contributed by atoms with Gasteiger partial charge in [-0.15, -0.1) is 0 Å². The summed E-state index contributed by atoms with van der Waals surface area (Å²) < 4.78 is 5.95. The molecule has 0 unspecified atom stereocenters. The van der Waals surface area contributed by atoms with Crippen LogP contribution in [0.3, 0.4) is 0 Å².